The summed E-state index contributed by atoms with van der Waals surface area (Å²) in [6.45, 7) is 3.28. The van der Waals surface area contributed by atoms with Crippen LogP contribution in [-0.2, 0) is 11.3 Å². The number of methoxy groups -OCH3 is 1. The van der Waals surface area contributed by atoms with Gasteiger partial charge in [-0.2, -0.15) is 9.50 Å². The maximum absolute atomic E-state index is 14.3. The summed E-state index contributed by atoms with van der Waals surface area (Å²) in [5.41, 5.74) is 8.04. The molecule has 206 valence electrons. The third-order valence-electron chi connectivity index (χ3n) is 6.98. The molecule has 0 atom stereocenters. The van der Waals surface area contributed by atoms with E-state index in [0.717, 1.165) is 6.07 Å². The first-order chi connectivity index (χ1) is 19.4. The molecule has 6 rings (SSSR count). The van der Waals surface area contributed by atoms with Crippen LogP contribution in [0.4, 0.5) is 20.4 Å². The summed E-state index contributed by atoms with van der Waals surface area (Å²) in [6, 6.07) is 8.98. The highest BCUT2D eigenvalue weighted by Crippen LogP contribution is 2.34. The number of nitrogen functional groups attached to an aromatic ring is 1. The zero-order valence-electron chi connectivity index (χ0n) is 21.4. The number of ether oxygens (including phenoxy) is 1. The Kier molecular flexibility index (Phi) is 6.68. The van der Waals surface area contributed by atoms with Gasteiger partial charge in [0.1, 0.15) is 28.7 Å². The lowest BCUT2D eigenvalue weighted by atomic mass is 10.2. The zero-order valence-corrected chi connectivity index (χ0v) is 22.1. The first kappa shape index (κ1) is 25.9. The lowest BCUT2D eigenvalue weighted by molar-refractivity contribution is 0.0588. The molecule has 5 aromatic rings. The highest BCUT2D eigenvalue weighted by molar-refractivity contribution is 6.39. The van der Waals surface area contributed by atoms with Crippen LogP contribution in [0.25, 0.3) is 28.2 Å². The number of rotatable bonds is 6. The average Bonchev–Trinajstić information content (AvgIpc) is 3.52. The number of carbonyl (C=O) groups excluding carboxylic acids is 1. The molecular formula is C26H24ClF2N9O2. The summed E-state index contributed by atoms with van der Waals surface area (Å²) in [6.07, 6.45) is 1.63. The van der Waals surface area contributed by atoms with Crippen molar-refractivity contribution in [2.45, 2.75) is 6.54 Å². The fraction of sp³-hybridized carbons (Fsp3) is 0.269. The van der Waals surface area contributed by atoms with Crippen LogP contribution in [0, 0.1) is 11.6 Å². The Labute approximate surface area is 231 Å². The molecular weight excluding hydrogens is 544 g/mol. The molecule has 2 N–H and O–H groups in total. The van der Waals surface area contributed by atoms with Crippen molar-refractivity contribution in [2.75, 3.05) is 50.5 Å². The van der Waals surface area contributed by atoms with Crippen LogP contribution < -0.4 is 10.6 Å². The van der Waals surface area contributed by atoms with Gasteiger partial charge in [-0.3, -0.25) is 9.88 Å². The van der Waals surface area contributed by atoms with Gasteiger partial charge < -0.3 is 19.9 Å². The van der Waals surface area contributed by atoms with Crippen molar-refractivity contribution in [2.24, 2.45) is 0 Å². The number of nitrogens with two attached hydrogens (primary N) is 1. The minimum Gasteiger partial charge on any atom is -0.464 e. The van der Waals surface area contributed by atoms with E-state index in [9.17, 15) is 13.6 Å². The molecule has 4 aromatic heterocycles. The summed E-state index contributed by atoms with van der Waals surface area (Å²) < 4.78 is 35.7. The van der Waals surface area contributed by atoms with E-state index in [1.54, 1.807) is 22.9 Å². The largest absolute Gasteiger partial charge is 0.464 e. The maximum atomic E-state index is 14.3. The van der Waals surface area contributed by atoms with Gasteiger partial charge in [-0.05, 0) is 24.3 Å². The molecule has 1 aliphatic rings. The monoisotopic (exact) mass is 567 g/mol. The van der Waals surface area contributed by atoms with Gasteiger partial charge in [-0.15, -0.1) is 5.10 Å². The highest BCUT2D eigenvalue weighted by atomic mass is 35.5. The molecule has 0 amide bonds. The predicted octanol–water partition coefficient (Wildman–Crippen LogP) is 3.26. The molecule has 0 unspecified atom stereocenters. The molecule has 0 saturated carbocycles. The molecule has 1 fully saturated rings. The molecule has 0 spiro atoms. The van der Waals surface area contributed by atoms with Crippen molar-refractivity contribution in [3.8, 4) is 11.5 Å². The van der Waals surface area contributed by atoms with E-state index in [2.05, 4.69) is 25.0 Å². The molecule has 0 radical (unpaired) electrons. The van der Waals surface area contributed by atoms with Crippen molar-refractivity contribution in [3.63, 3.8) is 0 Å². The van der Waals surface area contributed by atoms with Crippen LogP contribution >= 0.6 is 11.6 Å². The molecule has 0 aliphatic carbocycles. The van der Waals surface area contributed by atoms with Crippen LogP contribution in [0.5, 0.6) is 0 Å². The van der Waals surface area contributed by atoms with Crippen molar-refractivity contribution in [1.82, 2.24) is 34.0 Å². The van der Waals surface area contributed by atoms with Crippen molar-refractivity contribution >= 4 is 45.9 Å². The minimum absolute atomic E-state index is 0.0685. The second kappa shape index (κ2) is 10.3. The molecule has 1 saturated heterocycles. The predicted molar refractivity (Wildman–Crippen MR) is 145 cm³/mol. The molecule has 1 aromatic carbocycles. The van der Waals surface area contributed by atoms with Gasteiger partial charge in [-0.1, -0.05) is 17.7 Å². The highest BCUT2D eigenvalue weighted by Gasteiger charge is 2.28. The first-order valence-electron chi connectivity index (χ1n) is 12.5. The molecule has 14 heteroatoms. The zero-order chi connectivity index (χ0) is 28.0. The van der Waals surface area contributed by atoms with E-state index < -0.39 is 17.6 Å². The number of carbonyl (C=O) groups is 1. The third-order valence-corrected chi connectivity index (χ3v) is 7.35. The number of fused-ring (bicyclic) bond motifs is 3. The first-order valence-corrected chi connectivity index (χ1v) is 12.9. The Bertz CT molecular complexity index is 1730. The Morgan fingerprint density at radius 3 is 2.58 bits per heavy atom. The minimum atomic E-state index is -0.624. The molecule has 40 heavy (non-hydrogen) atoms. The van der Waals surface area contributed by atoms with E-state index in [-0.39, 0.29) is 16.7 Å². The number of halogens is 3. The lowest BCUT2D eigenvalue weighted by Crippen LogP contribution is -2.47. The fourth-order valence-corrected chi connectivity index (χ4v) is 5.34. The second-order valence-electron chi connectivity index (χ2n) is 9.28. The quantitative estimate of drug-likeness (QED) is 0.308. The van der Waals surface area contributed by atoms with E-state index in [1.165, 1.54) is 23.8 Å². The Morgan fingerprint density at radius 1 is 1.07 bits per heavy atom. The molecule has 11 nitrogen and oxygen atoms in total. The number of esters is 1. The van der Waals surface area contributed by atoms with Gasteiger partial charge >= 0.3 is 5.97 Å². The normalized spacial score (nSPS) is 14.3. The number of aromatic nitrogens is 6. The smallest absolute Gasteiger partial charge is 0.356 e. The van der Waals surface area contributed by atoms with Gasteiger partial charge in [0.25, 0.3) is 0 Å². The standard InChI is InChI=1S/C26H24ClF2N9O2/c1-40-25(39)21-20(27)19-23(33-26(30)38-24(19)32-22(34-38)17-4-2-3-7-31-17)37(21)13-10-35-8-11-36(12-9-35)18-6-5-15(28)14-16(18)29/h2-7,14H,8-13H2,1H3,(H2,30,33). The van der Waals surface area contributed by atoms with Crippen LogP contribution in [0.1, 0.15) is 10.5 Å². The molecule has 0 bridgehead atoms. The van der Waals surface area contributed by atoms with Crippen LogP contribution in [0.15, 0.2) is 42.6 Å². The summed E-state index contributed by atoms with van der Waals surface area (Å²) in [5, 5.41) is 5.01. The summed E-state index contributed by atoms with van der Waals surface area (Å²) >= 11 is 6.78. The van der Waals surface area contributed by atoms with Crippen molar-refractivity contribution in [3.05, 3.63) is 64.9 Å². The maximum Gasteiger partial charge on any atom is 0.356 e. The Hall–Kier alpha value is -4.36. The van der Waals surface area contributed by atoms with Crippen LogP contribution in [0.3, 0.4) is 0 Å². The number of pyridine rings is 1. The van der Waals surface area contributed by atoms with Gasteiger partial charge in [-0.25, -0.2) is 18.6 Å². The molecule has 1 aliphatic heterocycles. The SMILES string of the molecule is COC(=O)c1c(Cl)c2c(nc(N)n3nc(-c4ccccn4)nc23)n1CCN1CCN(c2ccc(F)cc2F)CC1. The summed E-state index contributed by atoms with van der Waals surface area (Å²) in [4.78, 5) is 30.4. The van der Waals surface area contributed by atoms with E-state index in [1.807, 2.05) is 11.0 Å². The van der Waals surface area contributed by atoms with E-state index in [0.29, 0.717) is 73.2 Å². The van der Waals surface area contributed by atoms with Crippen molar-refractivity contribution in [1.29, 1.82) is 0 Å². The van der Waals surface area contributed by atoms with E-state index >= 15 is 0 Å². The number of benzene rings is 1. The second-order valence-corrected chi connectivity index (χ2v) is 9.66. The van der Waals surface area contributed by atoms with Crippen molar-refractivity contribution < 1.29 is 18.3 Å². The number of piperazine rings is 1. The lowest BCUT2D eigenvalue weighted by Gasteiger charge is -2.36. The van der Waals surface area contributed by atoms with Gasteiger partial charge in [0, 0.05) is 51.5 Å². The van der Waals surface area contributed by atoms with Crippen LogP contribution in [-0.4, -0.2) is 79.8 Å². The summed E-state index contributed by atoms with van der Waals surface area (Å²) in [7, 11) is 1.28. The fourth-order valence-electron chi connectivity index (χ4n) is 4.99. The van der Waals surface area contributed by atoms with Crippen LogP contribution in [0.2, 0.25) is 5.02 Å². The number of hydrogen-bond acceptors (Lipinski definition) is 9. The third kappa shape index (κ3) is 4.46. The summed E-state index contributed by atoms with van der Waals surface area (Å²) in [5.74, 6) is -1.41. The number of hydrogen-bond donors (Lipinski definition) is 1. The number of nitrogens with zero attached hydrogens (tertiary/aromatic N) is 8. The van der Waals surface area contributed by atoms with Gasteiger partial charge in [0.05, 0.1) is 23.2 Å². The number of anilines is 2. The van der Waals surface area contributed by atoms with Gasteiger partial charge in [0.2, 0.25) is 11.8 Å². The Balaban J connectivity index is 1.31. The Morgan fingerprint density at radius 2 is 1.88 bits per heavy atom. The average molecular weight is 568 g/mol. The van der Waals surface area contributed by atoms with Gasteiger partial charge in [0.15, 0.2) is 5.65 Å². The molecule has 5 heterocycles. The topological polar surface area (TPSA) is 120 Å². The van der Waals surface area contributed by atoms with E-state index in [4.69, 9.17) is 22.1 Å².